The third kappa shape index (κ3) is 6.15. The Labute approximate surface area is 135 Å². The fraction of sp³-hybridized carbons (Fsp3) is 1.00. The van der Waals surface area contributed by atoms with E-state index in [1.54, 1.807) is 0 Å². The van der Waals surface area contributed by atoms with Crippen LogP contribution in [0.15, 0.2) is 0 Å². The minimum atomic E-state index is 0.235. The first-order chi connectivity index (χ1) is 10.8. The van der Waals surface area contributed by atoms with Gasteiger partial charge in [-0.2, -0.15) is 0 Å². The molecule has 0 bridgehead atoms. The maximum absolute atomic E-state index is 8.79. The Morgan fingerprint density at radius 1 is 0.591 bits per heavy atom. The molecule has 0 unspecified atom stereocenters. The van der Waals surface area contributed by atoms with Gasteiger partial charge in [0.05, 0.1) is 12.2 Å². The summed E-state index contributed by atoms with van der Waals surface area (Å²) in [6, 6.07) is 0. The Kier molecular flexibility index (Phi) is 8.75. The lowest BCUT2D eigenvalue weighted by atomic mass is 9.72. The summed E-state index contributed by atoms with van der Waals surface area (Å²) >= 11 is 0. The van der Waals surface area contributed by atoms with Crippen LogP contribution in [0, 0.1) is 11.8 Å². The van der Waals surface area contributed by atoms with Gasteiger partial charge in [-0.25, -0.2) is 0 Å². The Morgan fingerprint density at radius 3 is 1.27 bits per heavy atom. The average Bonchev–Trinajstić information content (AvgIpc) is 2.57. The molecule has 0 radical (unpaired) electrons. The Bertz CT molecular complexity index is 240. The highest BCUT2D eigenvalue weighted by molar-refractivity contribution is 4.82. The van der Waals surface area contributed by atoms with Gasteiger partial charge in [0.25, 0.3) is 0 Å². The van der Waals surface area contributed by atoms with Gasteiger partial charge in [-0.1, -0.05) is 0 Å². The van der Waals surface area contributed by atoms with Gasteiger partial charge in [0, 0.05) is 26.4 Å². The molecule has 2 aliphatic rings. The van der Waals surface area contributed by atoms with Crippen LogP contribution in [-0.4, -0.2) is 48.8 Å². The van der Waals surface area contributed by atoms with Crippen LogP contribution in [0.4, 0.5) is 0 Å². The molecule has 22 heavy (non-hydrogen) atoms. The molecule has 0 aromatic heterocycles. The van der Waals surface area contributed by atoms with Gasteiger partial charge in [-0.3, -0.25) is 0 Å². The monoisotopic (exact) mass is 314 g/mol. The maximum atomic E-state index is 8.79. The van der Waals surface area contributed by atoms with Gasteiger partial charge in [0.2, 0.25) is 0 Å². The zero-order chi connectivity index (χ0) is 15.6. The summed E-state index contributed by atoms with van der Waals surface area (Å²) < 4.78 is 11.7. The quantitative estimate of drug-likeness (QED) is 0.643. The van der Waals surface area contributed by atoms with Crippen LogP contribution in [0.1, 0.15) is 64.2 Å². The van der Waals surface area contributed by atoms with E-state index in [4.69, 9.17) is 19.7 Å². The zero-order valence-electron chi connectivity index (χ0n) is 13.9. The lowest BCUT2D eigenvalue weighted by Crippen LogP contribution is -2.30. The normalized spacial score (nSPS) is 33.0. The molecule has 0 aromatic rings. The molecule has 0 spiro atoms. The predicted octanol–water partition coefficient (Wildman–Crippen LogP) is 2.90. The molecule has 0 atom stereocenters. The summed E-state index contributed by atoms with van der Waals surface area (Å²) in [4.78, 5) is 0. The number of aliphatic hydroxyl groups excluding tert-OH is 2. The SMILES string of the molecule is OCCCOC1CCC(C2CCC(OCCCO)CC2)CC1. The first-order valence-electron chi connectivity index (χ1n) is 9.28. The fourth-order valence-electron chi connectivity index (χ4n) is 4.08. The molecular weight excluding hydrogens is 280 g/mol. The van der Waals surface area contributed by atoms with E-state index in [2.05, 4.69) is 0 Å². The summed E-state index contributed by atoms with van der Waals surface area (Å²) in [5.74, 6) is 1.77. The Hall–Kier alpha value is -0.160. The molecule has 130 valence electrons. The van der Waals surface area contributed by atoms with Crippen molar-refractivity contribution in [1.29, 1.82) is 0 Å². The van der Waals surface area contributed by atoms with E-state index in [-0.39, 0.29) is 13.2 Å². The third-order valence-electron chi connectivity index (χ3n) is 5.42. The Balaban J connectivity index is 1.58. The summed E-state index contributed by atoms with van der Waals surface area (Å²) in [7, 11) is 0. The highest BCUT2D eigenvalue weighted by Crippen LogP contribution is 2.39. The van der Waals surface area contributed by atoms with Gasteiger partial charge in [0.1, 0.15) is 0 Å². The largest absolute Gasteiger partial charge is 0.396 e. The van der Waals surface area contributed by atoms with Gasteiger partial charge in [-0.05, 0) is 76.0 Å². The number of ether oxygens (including phenoxy) is 2. The lowest BCUT2D eigenvalue weighted by Gasteiger charge is -2.37. The number of aliphatic hydroxyl groups is 2. The molecule has 0 amide bonds. The van der Waals surface area contributed by atoms with Gasteiger partial charge in [-0.15, -0.1) is 0 Å². The summed E-state index contributed by atoms with van der Waals surface area (Å²) in [5, 5.41) is 17.6. The molecule has 0 aromatic carbocycles. The highest BCUT2D eigenvalue weighted by Gasteiger charge is 2.31. The van der Waals surface area contributed by atoms with Crippen molar-refractivity contribution in [3.05, 3.63) is 0 Å². The molecule has 2 rings (SSSR count). The van der Waals surface area contributed by atoms with E-state index < -0.39 is 0 Å². The molecule has 2 fully saturated rings. The summed E-state index contributed by atoms with van der Waals surface area (Å²) in [6.45, 7) is 1.89. The lowest BCUT2D eigenvalue weighted by molar-refractivity contribution is -0.0151. The van der Waals surface area contributed by atoms with Crippen LogP contribution in [0.2, 0.25) is 0 Å². The third-order valence-corrected chi connectivity index (χ3v) is 5.42. The second-order valence-corrected chi connectivity index (χ2v) is 6.97. The number of hydrogen-bond acceptors (Lipinski definition) is 4. The zero-order valence-corrected chi connectivity index (χ0v) is 13.9. The van der Waals surface area contributed by atoms with Crippen molar-refractivity contribution in [2.24, 2.45) is 11.8 Å². The highest BCUT2D eigenvalue weighted by atomic mass is 16.5. The number of rotatable bonds is 9. The van der Waals surface area contributed by atoms with Crippen LogP contribution >= 0.6 is 0 Å². The van der Waals surface area contributed by atoms with Crippen LogP contribution in [-0.2, 0) is 9.47 Å². The van der Waals surface area contributed by atoms with Gasteiger partial charge in [0.15, 0.2) is 0 Å². The second-order valence-electron chi connectivity index (χ2n) is 6.97. The van der Waals surface area contributed by atoms with E-state index in [1.807, 2.05) is 0 Å². The fourth-order valence-corrected chi connectivity index (χ4v) is 4.08. The molecule has 4 nitrogen and oxygen atoms in total. The minimum absolute atomic E-state index is 0.235. The van der Waals surface area contributed by atoms with Crippen molar-refractivity contribution in [2.45, 2.75) is 76.4 Å². The Morgan fingerprint density at radius 2 is 0.955 bits per heavy atom. The molecule has 0 aliphatic heterocycles. The van der Waals surface area contributed by atoms with E-state index in [0.29, 0.717) is 25.4 Å². The molecule has 0 heterocycles. The van der Waals surface area contributed by atoms with E-state index in [9.17, 15) is 0 Å². The molecule has 2 saturated carbocycles. The standard InChI is InChI=1S/C18H34O4/c19-11-1-13-21-17-7-3-15(4-8-17)16-5-9-18(10-6-16)22-14-2-12-20/h15-20H,1-14H2. The second kappa shape index (κ2) is 10.6. The van der Waals surface area contributed by atoms with Crippen molar-refractivity contribution >= 4 is 0 Å². The first kappa shape index (κ1) is 18.2. The molecule has 2 N–H and O–H groups in total. The van der Waals surface area contributed by atoms with Crippen molar-refractivity contribution in [3.8, 4) is 0 Å². The average molecular weight is 314 g/mol. The molecule has 4 heteroatoms. The van der Waals surface area contributed by atoms with Crippen molar-refractivity contribution in [1.82, 2.24) is 0 Å². The minimum Gasteiger partial charge on any atom is -0.396 e. The topological polar surface area (TPSA) is 58.9 Å². The van der Waals surface area contributed by atoms with Gasteiger partial charge >= 0.3 is 0 Å². The molecular formula is C18H34O4. The summed E-state index contributed by atoms with van der Waals surface area (Å²) in [6.07, 6.45) is 12.4. The molecule has 2 aliphatic carbocycles. The first-order valence-corrected chi connectivity index (χ1v) is 9.28. The van der Waals surface area contributed by atoms with Crippen LogP contribution in [0.3, 0.4) is 0 Å². The van der Waals surface area contributed by atoms with Gasteiger partial charge < -0.3 is 19.7 Å². The van der Waals surface area contributed by atoms with E-state index in [1.165, 1.54) is 51.4 Å². The van der Waals surface area contributed by atoms with Crippen molar-refractivity contribution < 1.29 is 19.7 Å². The maximum Gasteiger partial charge on any atom is 0.0575 e. The number of hydrogen-bond donors (Lipinski definition) is 2. The van der Waals surface area contributed by atoms with Crippen molar-refractivity contribution in [3.63, 3.8) is 0 Å². The predicted molar refractivity (Wildman–Crippen MR) is 86.8 cm³/mol. The molecule has 0 saturated heterocycles. The summed E-state index contributed by atoms with van der Waals surface area (Å²) in [5.41, 5.74) is 0. The van der Waals surface area contributed by atoms with E-state index >= 15 is 0 Å². The van der Waals surface area contributed by atoms with Crippen LogP contribution in [0.5, 0.6) is 0 Å². The van der Waals surface area contributed by atoms with Crippen LogP contribution in [0.25, 0.3) is 0 Å². The van der Waals surface area contributed by atoms with Crippen LogP contribution < -0.4 is 0 Å². The van der Waals surface area contributed by atoms with E-state index in [0.717, 1.165) is 24.7 Å². The smallest absolute Gasteiger partial charge is 0.0575 e. The van der Waals surface area contributed by atoms with Crippen molar-refractivity contribution in [2.75, 3.05) is 26.4 Å².